The van der Waals surface area contributed by atoms with E-state index in [2.05, 4.69) is 47.8 Å². The normalized spacial score (nSPS) is 10.8. The van der Waals surface area contributed by atoms with Crippen molar-refractivity contribution in [1.29, 1.82) is 0 Å². The number of benzene rings is 1. The van der Waals surface area contributed by atoms with Crippen molar-refractivity contribution < 1.29 is 4.79 Å². The quantitative estimate of drug-likeness (QED) is 0.598. The molecule has 0 atom stereocenters. The van der Waals surface area contributed by atoms with E-state index in [4.69, 9.17) is 0 Å². The summed E-state index contributed by atoms with van der Waals surface area (Å²) in [4.78, 5) is 14.4. The van der Waals surface area contributed by atoms with Crippen molar-refractivity contribution in [3.8, 4) is 0 Å². The molecule has 1 aromatic carbocycles. The van der Waals surface area contributed by atoms with E-state index in [9.17, 15) is 4.79 Å². The highest BCUT2D eigenvalue weighted by atomic mass is 79.9. The fraction of sp³-hybridized carbons (Fsp3) is 0.462. The summed E-state index contributed by atoms with van der Waals surface area (Å²) in [6.45, 7) is 4.85. The van der Waals surface area contributed by atoms with E-state index in [0.717, 1.165) is 27.2 Å². The van der Waals surface area contributed by atoms with Crippen LogP contribution in [0, 0.1) is 0 Å². The summed E-state index contributed by atoms with van der Waals surface area (Å²) in [5.74, 6) is 0.0744. The molecule has 5 heteroatoms. The van der Waals surface area contributed by atoms with Gasteiger partial charge in [-0.05, 0) is 54.4 Å². The second-order valence-electron chi connectivity index (χ2n) is 4.26. The van der Waals surface area contributed by atoms with Gasteiger partial charge in [0.05, 0.1) is 5.56 Å². The minimum absolute atomic E-state index is 0.0744. The third-order valence-corrected chi connectivity index (χ3v) is 4.29. The van der Waals surface area contributed by atoms with Gasteiger partial charge in [0.25, 0.3) is 5.91 Å². The lowest BCUT2D eigenvalue weighted by molar-refractivity contribution is 0.0706. The second kappa shape index (κ2) is 7.65. The monoisotopic (exact) mass is 439 g/mol. The number of halogens is 3. The predicted octanol–water partition coefficient (Wildman–Crippen LogP) is 4.85. The maximum absolute atomic E-state index is 12.5. The van der Waals surface area contributed by atoms with Crippen LogP contribution >= 0.6 is 47.8 Å². The number of rotatable bonds is 5. The van der Waals surface area contributed by atoms with E-state index in [1.165, 1.54) is 0 Å². The van der Waals surface area contributed by atoms with Gasteiger partial charge in [0, 0.05) is 26.9 Å². The Morgan fingerprint density at radius 3 is 2.50 bits per heavy atom. The number of hydrogen-bond donors (Lipinski definition) is 0. The van der Waals surface area contributed by atoms with Crippen molar-refractivity contribution in [3.63, 3.8) is 0 Å². The molecule has 0 unspecified atom stereocenters. The first kappa shape index (κ1) is 16.2. The van der Waals surface area contributed by atoms with Gasteiger partial charge in [-0.15, -0.1) is 0 Å². The van der Waals surface area contributed by atoms with Gasteiger partial charge in [-0.3, -0.25) is 4.79 Å². The van der Waals surface area contributed by atoms with Crippen LogP contribution in [0.25, 0.3) is 0 Å². The van der Waals surface area contributed by atoms with Gasteiger partial charge in [-0.25, -0.2) is 0 Å². The molecule has 2 nitrogen and oxygen atoms in total. The van der Waals surface area contributed by atoms with Crippen LogP contribution in [-0.2, 0) is 0 Å². The SMILES string of the molecule is CC(C)N(CCCBr)C(=O)c1ccc(Br)cc1Br. The van der Waals surface area contributed by atoms with E-state index in [-0.39, 0.29) is 11.9 Å². The van der Waals surface area contributed by atoms with Crippen LogP contribution in [0.5, 0.6) is 0 Å². The molecule has 0 saturated carbocycles. The number of nitrogens with zero attached hydrogens (tertiary/aromatic N) is 1. The number of carbonyl (C=O) groups excluding carboxylic acids is 1. The minimum Gasteiger partial charge on any atom is -0.336 e. The van der Waals surface area contributed by atoms with Crippen molar-refractivity contribution in [2.24, 2.45) is 0 Å². The maximum atomic E-state index is 12.5. The molecule has 0 N–H and O–H groups in total. The van der Waals surface area contributed by atoms with Gasteiger partial charge in [0.2, 0.25) is 0 Å². The highest BCUT2D eigenvalue weighted by molar-refractivity contribution is 9.11. The smallest absolute Gasteiger partial charge is 0.255 e. The summed E-state index contributed by atoms with van der Waals surface area (Å²) in [5.41, 5.74) is 0.710. The highest BCUT2D eigenvalue weighted by Gasteiger charge is 2.20. The average molecular weight is 442 g/mol. The number of amides is 1. The molecule has 0 aromatic heterocycles. The molecule has 0 spiro atoms. The summed E-state index contributed by atoms with van der Waals surface area (Å²) in [6.07, 6.45) is 0.956. The van der Waals surface area contributed by atoms with E-state index in [0.29, 0.717) is 5.56 Å². The van der Waals surface area contributed by atoms with E-state index < -0.39 is 0 Å². The highest BCUT2D eigenvalue weighted by Crippen LogP contribution is 2.24. The van der Waals surface area contributed by atoms with Crippen molar-refractivity contribution in [2.75, 3.05) is 11.9 Å². The number of alkyl halides is 1. The van der Waals surface area contributed by atoms with Gasteiger partial charge in [-0.2, -0.15) is 0 Å². The van der Waals surface area contributed by atoms with Gasteiger partial charge >= 0.3 is 0 Å². The number of hydrogen-bond acceptors (Lipinski definition) is 1. The van der Waals surface area contributed by atoms with Gasteiger partial charge in [0.1, 0.15) is 0 Å². The molecule has 0 radical (unpaired) electrons. The molecule has 100 valence electrons. The Balaban J connectivity index is 2.94. The summed E-state index contributed by atoms with van der Waals surface area (Å²) >= 11 is 10.2. The van der Waals surface area contributed by atoms with E-state index in [1.807, 2.05) is 36.9 Å². The fourth-order valence-corrected chi connectivity index (χ4v) is 3.11. The van der Waals surface area contributed by atoms with Crippen molar-refractivity contribution in [2.45, 2.75) is 26.3 Å². The van der Waals surface area contributed by atoms with E-state index >= 15 is 0 Å². The Morgan fingerprint density at radius 1 is 1.33 bits per heavy atom. The van der Waals surface area contributed by atoms with Crippen molar-refractivity contribution >= 4 is 53.7 Å². The van der Waals surface area contributed by atoms with Gasteiger partial charge < -0.3 is 4.90 Å². The maximum Gasteiger partial charge on any atom is 0.255 e. The molecule has 0 heterocycles. The van der Waals surface area contributed by atoms with Crippen LogP contribution < -0.4 is 0 Å². The molecule has 0 aliphatic heterocycles. The summed E-state index contributed by atoms with van der Waals surface area (Å²) < 4.78 is 1.79. The second-order valence-corrected chi connectivity index (χ2v) is 6.82. The lowest BCUT2D eigenvalue weighted by Crippen LogP contribution is -2.38. The molecule has 0 saturated heterocycles. The van der Waals surface area contributed by atoms with Gasteiger partial charge in [-0.1, -0.05) is 31.9 Å². The van der Waals surface area contributed by atoms with Crippen molar-refractivity contribution in [1.82, 2.24) is 4.90 Å². The molecule has 1 aromatic rings. The standard InChI is InChI=1S/C13H16Br3NO/c1-9(2)17(7-3-6-14)13(18)11-5-4-10(15)8-12(11)16/h4-5,8-9H,3,6-7H2,1-2H3. The Bertz CT molecular complexity index is 421. The molecule has 18 heavy (non-hydrogen) atoms. The Kier molecular flexibility index (Phi) is 6.88. The zero-order chi connectivity index (χ0) is 13.7. The first-order valence-corrected chi connectivity index (χ1v) is 8.50. The topological polar surface area (TPSA) is 20.3 Å². The molecule has 1 amide bonds. The first-order chi connectivity index (χ1) is 8.47. The first-order valence-electron chi connectivity index (χ1n) is 5.79. The summed E-state index contributed by atoms with van der Waals surface area (Å²) in [5, 5.41) is 0.908. The van der Waals surface area contributed by atoms with Crippen LogP contribution in [0.3, 0.4) is 0 Å². The Labute approximate surface area is 134 Å². The van der Waals surface area contributed by atoms with E-state index in [1.54, 1.807) is 0 Å². The molecule has 1 rings (SSSR count). The van der Waals surface area contributed by atoms with Crippen LogP contribution in [-0.4, -0.2) is 28.7 Å². The number of carbonyl (C=O) groups is 1. The molecule has 0 bridgehead atoms. The summed E-state index contributed by atoms with van der Waals surface area (Å²) in [7, 11) is 0. The van der Waals surface area contributed by atoms with Crippen LogP contribution in [0.1, 0.15) is 30.6 Å². The lowest BCUT2D eigenvalue weighted by atomic mass is 10.1. The molecule has 0 fully saturated rings. The zero-order valence-corrected chi connectivity index (χ0v) is 15.2. The third kappa shape index (κ3) is 4.35. The average Bonchev–Trinajstić information content (AvgIpc) is 2.28. The molecule has 0 aliphatic carbocycles. The van der Waals surface area contributed by atoms with Crippen LogP contribution in [0.2, 0.25) is 0 Å². The van der Waals surface area contributed by atoms with Crippen LogP contribution in [0.15, 0.2) is 27.1 Å². The van der Waals surface area contributed by atoms with Crippen molar-refractivity contribution in [3.05, 3.63) is 32.7 Å². The minimum atomic E-state index is 0.0744. The molecular formula is C13H16Br3NO. The van der Waals surface area contributed by atoms with Gasteiger partial charge in [0.15, 0.2) is 0 Å². The summed E-state index contributed by atoms with van der Waals surface area (Å²) in [6, 6.07) is 5.84. The lowest BCUT2D eigenvalue weighted by Gasteiger charge is -2.27. The molecule has 0 aliphatic rings. The Hall–Kier alpha value is 0.130. The predicted molar refractivity (Wildman–Crippen MR) is 86.4 cm³/mol. The third-order valence-electron chi connectivity index (χ3n) is 2.58. The fourth-order valence-electron chi connectivity index (χ4n) is 1.64. The zero-order valence-electron chi connectivity index (χ0n) is 10.4. The Morgan fingerprint density at radius 2 is 2.00 bits per heavy atom. The largest absolute Gasteiger partial charge is 0.336 e. The molecular weight excluding hydrogens is 426 g/mol. The van der Waals surface area contributed by atoms with Crippen LogP contribution in [0.4, 0.5) is 0 Å².